The SMILES string of the molecule is C[Si](c1ccccc1)(C1C=Cc2ccccc21)C1C=Cc2ccccc21.[LiH]. The molecule has 0 N–H and O–H groups in total. The molecule has 2 atom stereocenters. The molecule has 0 radical (unpaired) electrons. The maximum atomic E-state index is 2.58. The fourth-order valence-corrected chi connectivity index (χ4v) is 9.72. The van der Waals surface area contributed by atoms with Gasteiger partial charge in [0.05, 0.1) is 0 Å². The molecule has 0 amide bonds. The molecular formula is C25H23LiSi. The van der Waals surface area contributed by atoms with Gasteiger partial charge >= 0.3 is 18.9 Å². The van der Waals surface area contributed by atoms with E-state index < -0.39 is 8.07 Å². The van der Waals surface area contributed by atoms with Crippen LogP contribution in [0.1, 0.15) is 33.3 Å². The predicted molar refractivity (Wildman–Crippen MR) is 121 cm³/mol. The first-order valence-corrected chi connectivity index (χ1v) is 12.0. The minimum absolute atomic E-state index is 0. The molecule has 128 valence electrons. The van der Waals surface area contributed by atoms with E-state index in [0.717, 1.165) is 0 Å². The first-order chi connectivity index (χ1) is 12.8. The second-order valence-corrected chi connectivity index (χ2v) is 12.0. The van der Waals surface area contributed by atoms with E-state index in [9.17, 15) is 0 Å². The molecule has 0 saturated carbocycles. The van der Waals surface area contributed by atoms with E-state index in [1.807, 2.05) is 0 Å². The van der Waals surface area contributed by atoms with Gasteiger partial charge < -0.3 is 0 Å². The zero-order valence-electron chi connectivity index (χ0n) is 15.0. The topological polar surface area (TPSA) is 0 Å². The van der Waals surface area contributed by atoms with E-state index in [-0.39, 0.29) is 18.9 Å². The number of hydrogen-bond acceptors (Lipinski definition) is 0. The van der Waals surface area contributed by atoms with Crippen LogP contribution in [0.3, 0.4) is 0 Å². The summed E-state index contributed by atoms with van der Waals surface area (Å²) in [5, 5.41) is 1.54. The first-order valence-electron chi connectivity index (χ1n) is 9.38. The Morgan fingerprint density at radius 2 is 1.04 bits per heavy atom. The predicted octanol–water partition coefficient (Wildman–Crippen LogP) is 5.02. The van der Waals surface area contributed by atoms with Crippen LogP contribution in [0.2, 0.25) is 6.55 Å². The number of rotatable bonds is 3. The van der Waals surface area contributed by atoms with Gasteiger partial charge in [0.25, 0.3) is 0 Å². The van der Waals surface area contributed by atoms with Gasteiger partial charge in [-0.1, -0.05) is 115 Å². The van der Waals surface area contributed by atoms with Crippen molar-refractivity contribution < 1.29 is 0 Å². The van der Waals surface area contributed by atoms with Crippen molar-refractivity contribution in [1.29, 1.82) is 0 Å². The van der Waals surface area contributed by atoms with Crippen molar-refractivity contribution in [3.05, 3.63) is 113 Å². The summed E-state index contributed by atoms with van der Waals surface area (Å²) < 4.78 is 0. The van der Waals surface area contributed by atoms with Crippen LogP contribution in [0.5, 0.6) is 0 Å². The molecule has 2 unspecified atom stereocenters. The molecule has 0 saturated heterocycles. The summed E-state index contributed by atoms with van der Waals surface area (Å²) in [4.78, 5) is 0. The summed E-state index contributed by atoms with van der Waals surface area (Å²) in [6, 6.07) is 29.1. The molecular weight excluding hydrogens is 335 g/mol. The van der Waals surface area contributed by atoms with Gasteiger partial charge in [0.2, 0.25) is 0 Å². The molecule has 0 heterocycles. The Hall–Kier alpha value is -2.05. The summed E-state index contributed by atoms with van der Waals surface area (Å²) in [5.41, 5.74) is 6.79. The van der Waals surface area contributed by atoms with Crippen molar-refractivity contribution in [2.45, 2.75) is 17.6 Å². The van der Waals surface area contributed by atoms with Gasteiger partial charge in [-0.25, -0.2) is 0 Å². The fourth-order valence-electron chi connectivity index (χ4n) is 4.89. The van der Waals surface area contributed by atoms with E-state index >= 15 is 0 Å². The van der Waals surface area contributed by atoms with Crippen LogP contribution in [0.15, 0.2) is 91.0 Å². The van der Waals surface area contributed by atoms with Crippen LogP contribution in [0.25, 0.3) is 12.2 Å². The van der Waals surface area contributed by atoms with Gasteiger partial charge in [-0.05, 0) is 22.3 Å². The molecule has 0 bridgehead atoms. The van der Waals surface area contributed by atoms with Crippen molar-refractivity contribution in [2.75, 3.05) is 0 Å². The van der Waals surface area contributed by atoms with Gasteiger partial charge in [0.15, 0.2) is 0 Å². The van der Waals surface area contributed by atoms with E-state index in [0.29, 0.717) is 11.1 Å². The van der Waals surface area contributed by atoms with E-state index in [1.165, 1.54) is 27.4 Å². The second kappa shape index (κ2) is 7.17. The van der Waals surface area contributed by atoms with Crippen LogP contribution in [-0.2, 0) is 0 Å². The Morgan fingerprint density at radius 1 is 0.593 bits per heavy atom. The quantitative estimate of drug-likeness (QED) is 0.577. The first kappa shape index (κ1) is 18.3. The van der Waals surface area contributed by atoms with Crippen LogP contribution >= 0.6 is 0 Å². The van der Waals surface area contributed by atoms with Crippen LogP contribution in [0, 0.1) is 0 Å². The third kappa shape index (κ3) is 2.82. The van der Waals surface area contributed by atoms with Crippen molar-refractivity contribution in [3.8, 4) is 0 Å². The fraction of sp³-hybridized carbons (Fsp3) is 0.120. The molecule has 0 nitrogen and oxygen atoms in total. The third-order valence-corrected chi connectivity index (χ3v) is 11.5. The Labute approximate surface area is 174 Å². The maximum absolute atomic E-state index is 2.58. The minimum atomic E-state index is -1.94. The molecule has 2 aliphatic carbocycles. The zero-order valence-corrected chi connectivity index (χ0v) is 16.0. The van der Waals surface area contributed by atoms with Crippen molar-refractivity contribution in [1.82, 2.24) is 0 Å². The summed E-state index contributed by atoms with van der Waals surface area (Å²) in [6.45, 7) is 2.58. The molecule has 0 spiro atoms. The molecule has 2 heteroatoms. The molecule has 5 rings (SSSR count). The van der Waals surface area contributed by atoms with E-state index in [4.69, 9.17) is 0 Å². The standard InChI is InChI=1S/C25H22Si.Li.H/c1-26(21-11-3-2-4-12-21,24-17-15-19-9-5-7-13-22(19)24)25-18-16-20-10-6-8-14-23(20)25;;/h2-18,24-25H,1H3;;. The van der Waals surface area contributed by atoms with Crippen molar-refractivity contribution in [2.24, 2.45) is 0 Å². The summed E-state index contributed by atoms with van der Waals surface area (Å²) in [7, 11) is -1.94. The Balaban J connectivity index is 0.00000180. The number of allylic oxidation sites excluding steroid dienone is 2. The average molecular weight is 358 g/mol. The van der Waals surface area contributed by atoms with Gasteiger partial charge in [-0.15, -0.1) is 0 Å². The van der Waals surface area contributed by atoms with Crippen molar-refractivity contribution in [3.63, 3.8) is 0 Å². The molecule has 0 aliphatic heterocycles. The molecule has 27 heavy (non-hydrogen) atoms. The number of hydrogen-bond donors (Lipinski definition) is 0. The number of benzene rings is 3. The molecule has 3 aromatic rings. The number of fused-ring (bicyclic) bond motifs is 2. The van der Waals surface area contributed by atoms with Gasteiger partial charge in [0, 0.05) is 11.1 Å². The summed E-state index contributed by atoms with van der Waals surface area (Å²) >= 11 is 0. The van der Waals surface area contributed by atoms with Crippen LogP contribution in [-0.4, -0.2) is 26.9 Å². The Kier molecular flexibility index (Phi) is 4.87. The van der Waals surface area contributed by atoms with Gasteiger partial charge in [-0.3, -0.25) is 0 Å². The van der Waals surface area contributed by atoms with E-state index in [2.05, 4.69) is 110 Å². The molecule has 3 aromatic carbocycles. The van der Waals surface area contributed by atoms with E-state index in [1.54, 1.807) is 0 Å². The average Bonchev–Trinajstić information content (AvgIpc) is 3.33. The Morgan fingerprint density at radius 3 is 1.56 bits per heavy atom. The van der Waals surface area contributed by atoms with Crippen molar-refractivity contribution >= 4 is 44.3 Å². The van der Waals surface area contributed by atoms with Crippen LogP contribution < -0.4 is 5.19 Å². The molecule has 0 fully saturated rings. The normalized spacial score (nSPS) is 21.2. The monoisotopic (exact) mass is 358 g/mol. The van der Waals surface area contributed by atoms with Gasteiger partial charge in [-0.2, -0.15) is 0 Å². The summed E-state index contributed by atoms with van der Waals surface area (Å²) in [6.07, 6.45) is 9.61. The third-order valence-electron chi connectivity index (χ3n) is 6.29. The second-order valence-electron chi connectivity index (χ2n) is 7.58. The van der Waals surface area contributed by atoms with Gasteiger partial charge in [0.1, 0.15) is 8.07 Å². The molecule has 2 aliphatic rings. The zero-order chi connectivity index (χ0) is 17.6. The summed E-state index contributed by atoms with van der Waals surface area (Å²) in [5.74, 6) is 0. The Bertz CT molecular complexity index is 958. The van der Waals surface area contributed by atoms with Crippen LogP contribution in [0.4, 0.5) is 0 Å². The molecule has 0 aromatic heterocycles.